The number of esters is 1. The van der Waals surface area contributed by atoms with Crippen LogP contribution in [0.5, 0.6) is 5.88 Å². The van der Waals surface area contributed by atoms with E-state index in [0.29, 0.717) is 50.1 Å². The average Bonchev–Trinajstić information content (AvgIpc) is 3.28. The molecule has 3 rings (SSSR count). The Bertz CT molecular complexity index is 959. The molecule has 1 unspecified atom stereocenters. The van der Waals surface area contributed by atoms with Crippen molar-refractivity contribution in [3.63, 3.8) is 0 Å². The first kappa shape index (κ1) is 25.6. The first-order valence-corrected chi connectivity index (χ1v) is 11.6. The molecule has 1 N–H and O–H groups in total. The van der Waals surface area contributed by atoms with Gasteiger partial charge in [0.15, 0.2) is 0 Å². The predicted molar refractivity (Wildman–Crippen MR) is 124 cm³/mol. The molecule has 0 saturated carbocycles. The third kappa shape index (κ3) is 7.78. The molecule has 1 aliphatic rings. The largest absolute Gasteiger partial charge is 0.470 e. The van der Waals surface area contributed by atoms with Gasteiger partial charge in [0.1, 0.15) is 19.3 Å². The van der Waals surface area contributed by atoms with Crippen LogP contribution >= 0.6 is 11.7 Å². The molecule has 1 aliphatic heterocycles. The molecular weight excluding hydrogens is 466 g/mol. The van der Waals surface area contributed by atoms with Gasteiger partial charge in [0.2, 0.25) is 5.82 Å². The van der Waals surface area contributed by atoms with E-state index >= 15 is 0 Å². The molecular formula is C21H29N5O7S. The maximum absolute atomic E-state index is 12.9. The number of hydrogen-bond donors (Lipinski definition) is 1. The fourth-order valence-electron chi connectivity index (χ4n) is 3.14. The molecule has 1 aromatic carbocycles. The van der Waals surface area contributed by atoms with E-state index in [4.69, 9.17) is 14.2 Å². The molecule has 2 aromatic rings. The van der Waals surface area contributed by atoms with Crippen LogP contribution in [0.1, 0.15) is 36.7 Å². The van der Waals surface area contributed by atoms with Gasteiger partial charge in [-0.1, -0.05) is 18.2 Å². The number of aromatic nitrogens is 2. The van der Waals surface area contributed by atoms with E-state index in [2.05, 4.69) is 18.9 Å². The van der Waals surface area contributed by atoms with Gasteiger partial charge >= 0.3 is 5.97 Å². The van der Waals surface area contributed by atoms with Gasteiger partial charge in [-0.25, -0.2) is 4.79 Å². The van der Waals surface area contributed by atoms with Crippen molar-refractivity contribution in [2.24, 2.45) is 0 Å². The Morgan fingerprint density at radius 1 is 1.29 bits per heavy atom. The zero-order chi connectivity index (χ0) is 24.6. The van der Waals surface area contributed by atoms with Gasteiger partial charge in [-0.05, 0) is 32.4 Å². The number of carbonyl (C=O) groups is 1. The Morgan fingerprint density at radius 2 is 2.03 bits per heavy atom. The van der Waals surface area contributed by atoms with Crippen LogP contribution in [-0.4, -0.2) is 70.9 Å². The van der Waals surface area contributed by atoms with Crippen molar-refractivity contribution < 1.29 is 28.9 Å². The van der Waals surface area contributed by atoms with Gasteiger partial charge < -0.3 is 29.3 Å². The van der Waals surface area contributed by atoms with Crippen molar-refractivity contribution in [2.75, 3.05) is 44.4 Å². The van der Waals surface area contributed by atoms with Gasteiger partial charge in [-0.2, -0.15) is 4.37 Å². The fraction of sp³-hybridized carbons (Fsp3) is 0.571. The van der Waals surface area contributed by atoms with Crippen LogP contribution in [0, 0.1) is 10.1 Å². The molecule has 0 spiro atoms. The van der Waals surface area contributed by atoms with Crippen molar-refractivity contribution in [2.45, 2.75) is 39.0 Å². The van der Waals surface area contributed by atoms with Crippen LogP contribution in [0.2, 0.25) is 0 Å². The third-order valence-corrected chi connectivity index (χ3v) is 5.36. The quantitative estimate of drug-likeness (QED) is 0.278. The summed E-state index contributed by atoms with van der Waals surface area (Å²) in [4.78, 5) is 30.0. The molecule has 34 heavy (non-hydrogen) atoms. The number of carbonyl (C=O) groups excluding carboxylic acids is 1. The number of morpholine rings is 1. The van der Waals surface area contributed by atoms with E-state index in [-0.39, 0.29) is 24.3 Å². The first-order valence-electron chi connectivity index (χ1n) is 10.8. The minimum atomic E-state index is -0.903. The second kappa shape index (κ2) is 11.9. The van der Waals surface area contributed by atoms with Gasteiger partial charge in [-0.3, -0.25) is 0 Å². The lowest BCUT2D eigenvalue weighted by molar-refractivity contribution is -0.763. The fourth-order valence-corrected chi connectivity index (χ4v) is 3.66. The Labute approximate surface area is 201 Å². The maximum Gasteiger partial charge on any atom is 0.338 e. The number of ether oxygens (including phenoxy) is 3. The van der Waals surface area contributed by atoms with E-state index < -0.39 is 17.2 Å². The highest BCUT2D eigenvalue weighted by molar-refractivity contribution is 6.99. The standard InChI is InChI=1S/C21H29N5O7S/c1-21(2,3)22-12-16(14-31-19-18(23-34-24-19)25-8-10-30-11-9-25)33-20(27)17-7-5-4-6-15(17)13-32-26(28)29/h4-7,16,22H,8-14H2,1-3H3. The lowest BCUT2D eigenvalue weighted by Gasteiger charge is -2.27. The number of rotatable bonds is 11. The Morgan fingerprint density at radius 3 is 2.74 bits per heavy atom. The van der Waals surface area contributed by atoms with Crippen LogP contribution < -0.4 is 15.0 Å². The van der Waals surface area contributed by atoms with Crippen molar-refractivity contribution in [3.8, 4) is 5.88 Å². The molecule has 186 valence electrons. The summed E-state index contributed by atoms with van der Waals surface area (Å²) in [5.41, 5.74) is 0.323. The van der Waals surface area contributed by atoms with Crippen molar-refractivity contribution in [1.82, 2.24) is 14.1 Å². The molecule has 0 aliphatic carbocycles. The van der Waals surface area contributed by atoms with Crippen molar-refractivity contribution in [1.29, 1.82) is 0 Å². The summed E-state index contributed by atoms with van der Waals surface area (Å²) in [6.07, 6.45) is -0.657. The van der Waals surface area contributed by atoms with Gasteiger partial charge in [-0.15, -0.1) is 14.5 Å². The summed E-state index contributed by atoms with van der Waals surface area (Å²) < 4.78 is 25.6. The van der Waals surface area contributed by atoms with Gasteiger partial charge in [0.05, 0.1) is 30.5 Å². The molecule has 0 amide bonds. The number of nitrogens with zero attached hydrogens (tertiary/aromatic N) is 4. The third-order valence-electron chi connectivity index (χ3n) is 4.86. The number of hydrogen-bond acceptors (Lipinski definition) is 12. The summed E-state index contributed by atoms with van der Waals surface area (Å²) in [5, 5.41) is 13.0. The highest BCUT2D eigenvalue weighted by Gasteiger charge is 2.24. The normalized spacial score (nSPS) is 15.0. The predicted octanol–water partition coefficient (Wildman–Crippen LogP) is 2.08. The molecule has 2 heterocycles. The Balaban J connectivity index is 1.69. The summed E-state index contributed by atoms with van der Waals surface area (Å²) >= 11 is 1.05. The van der Waals surface area contributed by atoms with Crippen molar-refractivity contribution >= 4 is 23.5 Å². The van der Waals surface area contributed by atoms with Gasteiger partial charge in [0.25, 0.3) is 11.0 Å². The van der Waals surface area contributed by atoms with E-state index in [1.807, 2.05) is 25.7 Å². The summed E-state index contributed by atoms with van der Waals surface area (Å²) in [7, 11) is 0. The molecule has 1 fully saturated rings. The smallest absolute Gasteiger partial charge is 0.338 e. The lowest BCUT2D eigenvalue weighted by Crippen LogP contribution is -2.44. The highest BCUT2D eigenvalue weighted by atomic mass is 32.1. The van der Waals surface area contributed by atoms with Crippen LogP contribution in [-0.2, 0) is 20.9 Å². The number of anilines is 1. The average molecular weight is 496 g/mol. The van der Waals surface area contributed by atoms with E-state index in [9.17, 15) is 14.9 Å². The van der Waals surface area contributed by atoms with E-state index in [1.54, 1.807) is 18.2 Å². The maximum atomic E-state index is 12.9. The molecule has 12 nitrogen and oxygen atoms in total. The van der Waals surface area contributed by atoms with E-state index in [1.165, 1.54) is 6.07 Å². The zero-order valence-electron chi connectivity index (χ0n) is 19.4. The molecule has 1 atom stereocenters. The molecule has 0 radical (unpaired) electrons. The minimum Gasteiger partial charge on any atom is -0.470 e. The van der Waals surface area contributed by atoms with Crippen LogP contribution in [0.15, 0.2) is 24.3 Å². The van der Waals surface area contributed by atoms with Crippen molar-refractivity contribution in [3.05, 3.63) is 45.5 Å². The SMILES string of the molecule is CC(C)(C)NCC(COc1nsnc1N1CCOCC1)OC(=O)c1ccccc1CO[N+](=O)[O-]. The number of nitrogens with one attached hydrogen (secondary N) is 1. The van der Waals surface area contributed by atoms with E-state index in [0.717, 1.165) is 11.7 Å². The van der Waals surface area contributed by atoms with Crippen LogP contribution in [0.3, 0.4) is 0 Å². The second-order valence-electron chi connectivity index (χ2n) is 8.62. The lowest BCUT2D eigenvalue weighted by atomic mass is 10.1. The van der Waals surface area contributed by atoms with Crippen LogP contribution in [0.25, 0.3) is 0 Å². The summed E-state index contributed by atoms with van der Waals surface area (Å²) in [5.74, 6) is 0.393. The van der Waals surface area contributed by atoms with Crippen LogP contribution in [0.4, 0.5) is 5.82 Å². The monoisotopic (exact) mass is 495 g/mol. The summed E-state index contributed by atoms with van der Waals surface area (Å²) in [6.45, 7) is 8.60. The topological polar surface area (TPSA) is 138 Å². The number of benzene rings is 1. The Hall–Kier alpha value is -3.03. The minimum absolute atomic E-state index is 0.0468. The zero-order valence-corrected chi connectivity index (χ0v) is 20.2. The second-order valence-corrected chi connectivity index (χ2v) is 9.14. The molecule has 1 saturated heterocycles. The van der Waals surface area contributed by atoms with Gasteiger partial charge in [0, 0.05) is 25.2 Å². The molecule has 0 bridgehead atoms. The Kier molecular flexibility index (Phi) is 8.96. The summed E-state index contributed by atoms with van der Waals surface area (Å²) in [6, 6.07) is 6.44. The first-order chi connectivity index (χ1) is 16.2. The molecule has 13 heteroatoms. The molecule has 1 aromatic heterocycles. The highest BCUT2D eigenvalue weighted by Crippen LogP contribution is 2.26.